The summed E-state index contributed by atoms with van der Waals surface area (Å²) in [4.78, 5) is 13.7. The molecule has 1 amide bonds. The zero-order valence-corrected chi connectivity index (χ0v) is 8.78. The van der Waals surface area contributed by atoms with Crippen molar-refractivity contribution in [1.29, 1.82) is 0 Å². The largest absolute Gasteiger partial charge is 0.395 e. The summed E-state index contributed by atoms with van der Waals surface area (Å²) in [5.74, 6) is 1.98. The first kappa shape index (κ1) is 9.97. The lowest BCUT2D eigenvalue weighted by Crippen LogP contribution is -2.35. The Kier molecular flexibility index (Phi) is 2.77. The Morgan fingerprint density at radius 3 is 2.57 bits per heavy atom. The summed E-state index contributed by atoms with van der Waals surface area (Å²) in [7, 11) is 0. The highest BCUT2D eigenvalue weighted by Crippen LogP contribution is 2.58. The summed E-state index contributed by atoms with van der Waals surface area (Å²) >= 11 is 0. The molecule has 3 nitrogen and oxygen atoms in total. The van der Waals surface area contributed by atoms with Crippen LogP contribution in [0, 0.1) is 17.8 Å². The SMILES string of the molecule is CCN(CCO)C(=O)C1C2CCCC21. The standard InChI is InChI=1S/C11H19NO2/c1-2-12(6-7-13)11(14)10-8-4-3-5-9(8)10/h8-10,13H,2-7H2,1H3. The monoisotopic (exact) mass is 197 g/mol. The summed E-state index contributed by atoms with van der Waals surface area (Å²) in [6, 6.07) is 0. The zero-order chi connectivity index (χ0) is 10.1. The fourth-order valence-electron chi connectivity index (χ4n) is 2.94. The first-order valence-corrected chi connectivity index (χ1v) is 5.69. The van der Waals surface area contributed by atoms with E-state index in [-0.39, 0.29) is 12.5 Å². The van der Waals surface area contributed by atoms with Crippen molar-refractivity contribution in [3.8, 4) is 0 Å². The van der Waals surface area contributed by atoms with E-state index >= 15 is 0 Å². The molecule has 2 rings (SSSR count). The molecular weight excluding hydrogens is 178 g/mol. The van der Waals surface area contributed by atoms with Crippen LogP contribution < -0.4 is 0 Å². The van der Waals surface area contributed by atoms with E-state index in [1.165, 1.54) is 19.3 Å². The van der Waals surface area contributed by atoms with Crippen molar-refractivity contribution >= 4 is 5.91 Å². The van der Waals surface area contributed by atoms with Gasteiger partial charge < -0.3 is 10.0 Å². The van der Waals surface area contributed by atoms with E-state index in [0.29, 0.717) is 24.3 Å². The number of aliphatic hydroxyl groups is 1. The van der Waals surface area contributed by atoms with Crippen molar-refractivity contribution in [2.75, 3.05) is 19.7 Å². The fourth-order valence-corrected chi connectivity index (χ4v) is 2.94. The number of hydrogen-bond acceptors (Lipinski definition) is 2. The minimum absolute atomic E-state index is 0.0850. The van der Waals surface area contributed by atoms with Crippen LogP contribution in [0.5, 0.6) is 0 Å². The number of aliphatic hydroxyl groups excluding tert-OH is 1. The Morgan fingerprint density at radius 1 is 1.43 bits per heavy atom. The summed E-state index contributed by atoms with van der Waals surface area (Å²) in [6.07, 6.45) is 3.81. The van der Waals surface area contributed by atoms with Crippen LogP contribution in [0.3, 0.4) is 0 Å². The third-order valence-electron chi connectivity index (χ3n) is 3.75. The van der Waals surface area contributed by atoms with E-state index in [0.717, 1.165) is 6.54 Å². The summed E-state index contributed by atoms with van der Waals surface area (Å²) in [5, 5.41) is 8.83. The van der Waals surface area contributed by atoms with E-state index in [1.54, 1.807) is 4.90 Å². The second-order valence-corrected chi connectivity index (χ2v) is 4.43. The Morgan fingerprint density at radius 2 is 2.07 bits per heavy atom. The Bertz CT molecular complexity index is 215. The van der Waals surface area contributed by atoms with Crippen LogP contribution in [-0.4, -0.2) is 35.6 Å². The molecular formula is C11H19NO2. The van der Waals surface area contributed by atoms with Gasteiger partial charge in [0, 0.05) is 19.0 Å². The molecule has 2 aliphatic rings. The second-order valence-electron chi connectivity index (χ2n) is 4.43. The number of carbonyl (C=O) groups excluding carboxylic acids is 1. The van der Waals surface area contributed by atoms with Gasteiger partial charge in [0.1, 0.15) is 0 Å². The number of hydrogen-bond donors (Lipinski definition) is 1. The van der Waals surface area contributed by atoms with Crippen LogP contribution in [0.4, 0.5) is 0 Å². The number of likely N-dealkylation sites (N-methyl/N-ethyl adjacent to an activating group) is 1. The molecule has 0 bridgehead atoms. The molecule has 2 atom stereocenters. The summed E-state index contributed by atoms with van der Waals surface area (Å²) in [6.45, 7) is 3.30. The lowest BCUT2D eigenvalue weighted by molar-refractivity contribution is -0.133. The van der Waals surface area contributed by atoms with Gasteiger partial charge in [-0.3, -0.25) is 4.79 Å². The molecule has 0 heterocycles. The highest BCUT2D eigenvalue weighted by atomic mass is 16.3. The van der Waals surface area contributed by atoms with Crippen molar-refractivity contribution in [1.82, 2.24) is 4.90 Å². The zero-order valence-electron chi connectivity index (χ0n) is 8.78. The third kappa shape index (κ3) is 1.54. The van der Waals surface area contributed by atoms with Crippen LogP contribution in [-0.2, 0) is 4.79 Å². The second kappa shape index (κ2) is 3.89. The predicted molar refractivity (Wildman–Crippen MR) is 53.7 cm³/mol. The van der Waals surface area contributed by atoms with Crippen LogP contribution in [0.2, 0.25) is 0 Å². The van der Waals surface area contributed by atoms with Gasteiger partial charge in [0.25, 0.3) is 0 Å². The quantitative estimate of drug-likeness (QED) is 0.726. The molecule has 0 radical (unpaired) electrons. The van der Waals surface area contributed by atoms with E-state index in [2.05, 4.69) is 0 Å². The van der Waals surface area contributed by atoms with Crippen molar-refractivity contribution in [2.24, 2.45) is 17.8 Å². The summed E-state index contributed by atoms with van der Waals surface area (Å²) < 4.78 is 0. The van der Waals surface area contributed by atoms with Gasteiger partial charge in [0.15, 0.2) is 0 Å². The van der Waals surface area contributed by atoms with Crippen LogP contribution in [0.15, 0.2) is 0 Å². The average molecular weight is 197 g/mol. The maximum atomic E-state index is 12.0. The fraction of sp³-hybridized carbons (Fsp3) is 0.909. The molecule has 0 aliphatic heterocycles. The molecule has 0 saturated heterocycles. The van der Waals surface area contributed by atoms with Crippen molar-refractivity contribution in [2.45, 2.75) is 26.2 Å². The smallest absolute Gasteiger partial charge is 0.226 e. The van der Waals surface area contributed by atoms with Crippen LogP contribution >= 0.6 is 0 Å². The molecule has 2 unspecified atom stereocenters. The van der Waals surface area contributed by atoms with E-state index in [1.807, 2.05) is 6.92 Å². The molecule has 3 heteroatoms. The molecule has 14 heavy (non-hydrogen) atoms. The minimum atomic E-state index is 0.0850. The first-order valence-electron chi connectivity index (χ1n) is 5.69. The van der Waals surface area contributed by atoms with Crippen molar-refractivity contribution < 1.29 is 9.90 Å². The molecule has 0 aromatic carbocycles. The first-order chi connectivity index (χ1) is 6.79. The lowest BCUT2D eigenvalue weighted by atomic mass is 10.1. The number of carbonyl (C=O) groups is 1. The normalized spacial score (nSPS) is 34.0. The molecule has 0 aromatic rings. The van der Waals surface area contributed by atoms with Gasteiger partial charge in [-0.25, -0.2) is 0 Å². The van der Waals surface area contributed by atoms with Crippen LogP contribution in [0.1, 0.15) is 26.2 Å². The van der Waals surface area contributed by atoms with E-state index in [4.69, 9.17) is 5.11 Å². The Labute approximate surface area is 85.1 Å². The molecule has 1 N–H and O–H groups in total. The minimum Gasteiger partial charge on any atom is -0.395 e. The predicted octanol–water partition coefficient (Wildman–Crippen LogP) is 0.873. The van der Waals surface area contributed by atoms with E-state index < -0.39 is 0 Å². The highest BCUT2D eigenvalue weighted by Gasteiger charge is 2.57. The molecule has 2 aliphatic carbocycles. The van der Waals surface area contributed by atoms with Gasteiger partial charge in [-0.15, -0.1) is 0 Å². The van der Waals surface area contributed by atoms with Gasteiger partial charge in [-0.05, 0) is 31.6 Å². The van der Waals surface area contributed by atoms with Crippen molar-refractivity contribution in [3.63, 3.8) is 0 Å². The Hall–Kier alpha value is -0.570. The molecule has 0 spiro atoms. The average Bonchev–Trinajstić information content (AvgIpc) is 2.67. The van der Waals surface area contributed by atoms with Gasteiger partial charge in [0.05, 0.1) is 6.61 Å². The third-order valence-corrected chi connectivity index (χ3v) is 3.75. The molecule has 0 aromatic heterocycles. The van der Waals surface area contributed by atoms with E-state index in [9.17, 15) is 4.79 Å². The lowest BCUT2D eigenvalue weighted by Gasteiger charge is -2.20. The number of rotatable bonds is 4. The molecule has 2 fully saturated rings. The molecule has 80 valence electrons. The Balaban J connectivity index is 1.88. The van der Waals surface area contributed by atoms with Crippen LogP contribution in [0.25, 0.3) is 0 Å². The van der Waals surface area contributed by atoms with Gasteiger partial charge in [-0.2, -0.15) is 0 Å². The molecule has 2 saturated carbocycles. The topological polar surface area (TPSA) is 40.5 Å². The number of amides is 1. The summed E-state index contributed by atoms with van der Waals surface area (Å²) in [5.41, 5.74) is 0. The number of fused-ring (bicyclic) bond motifs is 1. The highest BCUT2D eigenvalue weighted by molar-refractivity contribution is 5.82. The van der Waals surface area contributed by atoms with Gasteiger partial charge >= 0.3 is 0 Å². The maximum absolute atomic E-state index is 12.0. The van der Waals surface area contributed by atoms with Gasteiger partial charge in [-0.1, -0.05) is 6.42 Å². The maximum Gasteiger partial charge on any atom is 0.226 e. The number of nitrogens with zero attached hydrogens (tertiary/aromatic N) is 1. The van der Waals surface area contributed by atoms with Crippen molar-refractivity contribution in [3.05, 3.63) is 0 Å². The van der Waals surface area contributed by atoms with Gasteiger partial charge in [0.2, 0.25) is 5.91 Å².